The van der Waals surface area contributed by atoms with E-state index in [1.807, 2.05) is 13.0 Å². The van der Waals surface area contributed by atoms with E-state index in [9.17, 15) is 9.59 Å². The number of amides is 1. The molecule has 0 radical (unpaired) electrons. The molecule has 0 atom stereocenters. The number of rotatable bonds is 8. The normalized spacial score (nSPS) is 10.9. The Labute approximate surface area is 168 Å². The highest BCUT2D eigenvalue weighted by molar-refractivity contribution is 6.16. The summed E-state index contributed by atoms with van der Waals surface area (Å²) in [6.45, 7) is 6.35. The predicted molar refractivity (Wildman–Crippen MR) is 108 cm³/mol. The first-order valence-electron chi connectivity index (χ1n) is 9.69. The van der Waals surface area contributed by atoms with Crippen LogP contribution in [0.5, 0.6) is 0 Å². The number of aromatic nitrogens is 3. The molecular formula is C21H24N4O4. The number of pyridine rings is 1. The second kappa shape index (κ2) is 9.27. The van der Waals surface area contributed by atoms with Gasteiger partial charge in [-0.05, 0) is 31.9 Å². The second-order valence-corrected chi connectivity index (χ2v) is 6.66. The van der Waals surface area contributed by atoms with Gasteiger partial charge < -0.3 is 9.15 Å². The third kappa shape index (κ3) is 4.42. The zero-order valence-electron chi connectivity index (χ0n) is 16.8. The largest absolute Gasteiger partial charge is 0.449 e. The van der Waals surface area contributed by atoms with Gasteiger partial charge in [-0.25, -0.2) is 19.7 Å². The summed E-state index contributed by atoms with van der Waals surface area (Å²) in [6, 6.07) is 1.85. The lowest BCUT2D eigenvalue weighted by atomic mass is 10.1. The van der Waals surface area contributed by atoms with Gasteiger partial charge in [-0.3, -0.25) is 9.69 Å². The van der Waals surface area contributed by atoms with Crippen LogP contribution < -0.4 is 4.90 Å². The Bertz CT molecular complexity index is 1000. The van der Waals surface area contributed by atoms with Crippen molar-refractivity contribution < 1.29 is 18.7 Å². The first-order chi connectivity index (χ1) is 14.1. The summed E-state index contributed by atoms with van der Waals surface area (Å²) in [7, 11) is 0. The van der Waals surface area contributed by atoms with Gasteiger partial charge in [-0.15, -0.1) is 0 Å². The van der Waals surface area contributed by atoms with Crippen LogP contribution in [0.3, 0.4) is 0 Å². The van der Waals surface area contributed by atoms with Gasteiger partial charge in [-0.1, -0.05) is 19.8 Å². The fraction of sp³-hybridized carbons (Fsp3) is 0.381. The molecule has 1 amide bonds. The number of fused-ring (bicyclic) bond motifs is 1. The molecule has 3 heterocycles. The van der Waals surface area contributed by atoms with E-state index in [2.05, 4.69) is 21.9 Å². The lowest BCUT2D eigenvalue weighted by Gasteiger charge is -2.22. The van der Waals surface area contributed by atoms with Gasteiger partial charge in [0.2, 0.25) is 17.3 Å². The first kappa shape index (κ1) is 20.4. The molecule has 0 N–H and O–H groups in total. The van der Waals surface area contributed by atoms with Gasteiger partial charge >= 0.3 is 6.09 Å². The molecule has 3 rings (SSSR count). The van der Waals surface area contributed by atoms with Crippen molar-refractivity contribution in [2.45, 2.75) is 40.0 Å². The lowest BCUT2D eigenvalue weighted by molar-refractivity contribution is 0.101. The summed E-state index contributed by atoms with van der Waals surface area (Å²) in [6.07, 6.45) is 8.01. The molecule has 0 aliphatic rings. The lowest BCUT2D eigenvalue weighted by Crippen LogP contribution is -2.33. The topological polar surface area (TPSA) is 98.4 Å². The monoisotopic (exact) mass is 396 g/mol. The Morgan fingerprint density at radius 2 is 1.90 bits per heavy atom. The van der Waals surface area contributed by atoms with Crippen LogP contribution in [0, 0.1) is 6.92 Å². The molecule has 0 saturated carbocycles. The minimum Gasteiger partial charge on any atom is -0.449 e. The van der Waals surface area contributed by atoms with E-state index >= 15 is 0 Å². The average molecular weight is 396 g/mol. The number of hydrogen-bond donors (Lipinski definition) is 0. The van der Waals surface area contributed by atoms with Gasteiger partial charge in [0, 0.05) is 25.1 Å². The molecule has 8 heteroatoms. The summed E-state index contributed by atoms with van der Waals surface area (Å²) < 4.78 is 11.1. The molecule has 0 saturated heterocycles. The van der Waals surface area contributed by atoms with Crippen LogP contribution in [-0.4, -0.2) is 40.0 Å². The highest BCUT2D eigenvalue weighted by Gasteiger charge is 2.30. The number of ketones is 1. The van der Waals surface area contributed by atoms with Crippen molar-refractivity contribution in [1.82, 2.24) is 15.0 Å². The molecule has 8 nitrogen and oxygen atoms in total. The molecule has 29 heavy (non-hydrogen) atoms. The molecule has 0 fully saturated rings. The summed E-state index contributed by atoms with van der Waals surface area (Å²) >= 11 is 0. The maximum absolute atomic E-state index is 13.2. The summed E-state index contributed by atoms with van der Waals surface area (Å²) in [5.41, 5.74) is 1.82. The maximum Gasteiger partial charge on any atom is 0.414 e. The highest BCUT2D eigenvalue weighted by atomic mass is 16.6. The highest BCUT2D eigenvalue weighted by Crippen LogP contribution is 2.35. The van der Waals surface area contributed by atoms with Crippen molar-refractivity contribution in [3.8, 4) is 0 Å². The molecule has 3 aromatic heterocycles. The van der Waals surface area contributed by atoms with Crippen LogP contribution >= 0.6 is 0 Å². The van der Waals surface area contributed by atoms with Gasteiger partial charge in [0.1, 0.15) is 12.0 Å². The van der Waals surface area contributed by atoms with E-state index in [4.69, 9.17) is 9.15 Å². The Morgan fingerprint density at radius 3 is 2.59 bits per heavy atom. The van der Waals surface area contributed by atoms with Gasteiger partial charge in [0.25, 0.3) is 0 Å². The molecule has 3 aromatic rings. The predicted octanol–water partition coefficient (Wildman–Crippen LogP) is 4.31. The Balaban J connectivity index is 2.16. The fourth-order valence-corrected chi connectivity index (χ4v) is 3.06. The van der Waals surface area contributed by atoms with Crippen molar-refractivity contribution in [1.29, 1.82) is 0 Å². The quantitative estimate of drug-likeness (QED) is 0.413. The Hall–Kier alpha value is -3.29. The van der Waals surface area contributed by atoms with Crippen molar-refractivity contribution in [3.63, 3.8) is 0 Å². The maximum atomic E-state index is 13.2. The van der Waals surface area contributed by atoms with Crippen LogP contribution in [-0.2, 0) is 4.74 Å². The number of ether oxygens (including phenoxy) is 1. The minimum absolute atomic E-state index is 0.0254. The number of carbonyl (C=O) groups excluding carboxylic acids is 2. The fourth-order valence-electron chi connectivity index (χ4n) is 3.06. The number of aryl methyl sites for hydroxylation is 1. The molecule has 0 spiro atoms. The number of anilines is 1. The van der Waals surface area contributed by atoms with E-state index in [0.717, 1.165) is 24.8 Å². The van der Waals surface area contributed by atoms with E-state index in [0.29, 0.717) is 17.6 Å². The number of hydrogen-bond acceptors (Lipinski definition) is 7. The van der Waals surface area contributed by atoms with Crippen LogP contribution in [0.1, 0.15) is 54.8 Å². The molecule has 0 aliphatic carbocycles. The Kier molecular flexibility index (Phi) is 6.54. The van der Waals surface area contributed by atoms with E-state index in [1.54, 1.807) is 13.1 Å². The summed E-state index contributed by atoms with van der Waals surface area (Å²) in [5, 5.41) is 0.592. The van der Waals surface area contributed by atoms with Crippen molar-refractivity contribution in [2.75, 3.05) is 18.1 Å². The minimum atomic E-state index is -0.522. The third-order valence-electron chi connectivity index (χ3n) is 4.43. The number of nitrogens with zero attached hydrogens (tertiary/aromatic N) is 4. The molecule has 152 valence electrons. The van der Waals surface area contributed by atoms with Crippen molar-refractivity contribution >= 4 is 28.7 Å². The van der Waals surface area contributed by atoms with E-state index < -0.39 is 11.9 Å². The smallest absolute Gasteiger partial charge is 0.414 e. The number of unbranched alkanes of at least 4 members (excludes halogenated alkanes) is 2. The molecule has 0 aromatic carbocycles. The molecule has 0 bridgehead atoms. The summed E-state index contributed by atoms with van der Waals surface area (Å²) in [5.74, 6) is -0.390. The third-order valence-corrected chi connectivity index (χ3v) is 4.43. The average Bonchev–Trinajstić information content (AvgIpc) is 3.09. The van der Waals surface area contributed by atoms with Crippen LogP contribution in [0.25, 0.3) is 11.1 Å². The first-order valence-corrected chi connectivity index (χ1v) is 9.69. The van der Waals surface area contributed by atoms with Gasteiger partial charge in [0.05, 0.1) is 17.6 Å². The van der Waals surface area contributed by atoms with Crippen molar-refractivity contribution in [2.24, 2.45) is 0 Å². The molecule has 0 unspecified atom stereocenters. The van der Waals surface area contributed by atoms with E-state index in [-0.39, 0.29) is 23.6 Å². The standard InChI is InChI=1S/C21H24N4O4/c1-4-6-7-8-25(21(27)28-5-2)17-16-9-14(3)10-24-20(16)29-19(17)18(26)15-11-22-13-23-12-15/h9-13H,4-8H2,1-3H3. The van der Waals surface area contributed by atoms with Crippen LogP contribution in [0.2, 0.25) is 0 Å². The zero-order valence-corrected chi connectivity index (χ0v) is 16.8. The Morgan fingerprint density at radius 1 is 1.14 bits per heavy atom. The number of carbonyl (C=O) groups is 2. The summed E-state index contributed by atoms with van der Waals surface area (Å²) in [4.78, 5) is 39.5. The SMILES string of the molecule is CCCCCN(C(=O)OCC)c1c(C(=O)c2cncnc2)oc2ncc(C)cc12. The number of furan rings is 1. The molecule has 0 aliphatic heterocycles. The van der Waals surface area contributed by atoms with Crippen LogP contribution in [0.4, 0.5) is 10.5 Å². The zero-order chi connectivity index (χ0) is 20.8. The molecular weight excluding hydrogens is 372 g/mol. The van der Waals surface area contributed by atoms with Gasteiger partial charge in [0.15, 0.2) is 0 Å². The van der Waals surface area contributed by atoms with Crippen molar-refractivity contribution in [3.05, 3.63) is 47.9 Å². The van der Waals surface area contributed by atoms with E-state index in [1.165, 1.54) is 23.6 Å². The van der Waals surface area contributed by atoms with Crippen LogP contribution in [0.15, 0.2) is 35.4 Å². The second-order valence-electron chi connectivity index (χ2n) is 6.66. The van der Waals surface area contributed by atoms with Gasteiger partial charge in [-0.2, -0.15) is 0 Å².